The van der Waals surface area contributed by atoms with E-state index in [-0.39, 0.29) is 10.8 Å². The first-order chi connectivity index (χ1) is 15.5. The third-order valence-electron chi connectivity index (χ3n) is 6.76. The monoisotopic (exact) mass is 486 g/mol. The average Bonchev–Trinajstić information content (AvgIpc) is 3.10. The summed E-state index contributed by atoms with van der Waals surface area (Å²) in [6.45, 7) is 19.9. The van der Waals surface area contributed by atoms with E-state index in [1.54, 1.807) is 0 Å². The van der Waals surface area contributed by atoms with E-state index in [1.165, 1.54) is 43.2 Å². The lowest BCUT2D eigenvalue weighted by molar-refractivity contribution is 0.320. The first-order valence-corrected chi connectivity index (χ1v) is 14.3. The Morgan fingerprint density at radius 3 is 1.82 bits per heavy atom. The fourth-order valence-electron chi connectivity index (χ4n) is 4.78. The van der Waals surface area contributed by atoms with Gasteiger partial charge in [0.15, 0.2) is 0 Å². The van der Waals surface area contributed by atoms with E-state index in [0.29, 0.717) is 10.8 Å². The summed E-state index contributed by atoms with van der Waals surface area (Å²) in [4.78, 5) is 0.353. The van der Waals surface area contributed by atoms with E-state index in [0.717, 1.165) is 17.8 Å². The molecule has 190 valence electrons. The minimum atomic E-state index is -3.62. The smallest absolute Gasteiger partial charge is 0.242 e. The van der Waals surface area contributed by atoms with Crippen LogP contribution < -0.4 is 4.72 Å². The van der Waals surface area contributed by atoms with Crippen molar-refractivity contribution in [2.24, 2.45) is 5.92 Å². The summed E-state index contributed by atoms with van der Waals surface area (Å²) in [6.07, 6.45) is 8.15. The molecule has 5 heteroatoms. The van der Waals surface area contributed by atoms with Crippen LogP contribution in [0, 0.1) is 5.92 Å². The second kappa shape index (κ2) is 9.46. The summed E-state index contributed by atoms with van der Waals surface area (Å²) < 4.78 is 31.6. The Labute approximate surface area is 208 Å². The highest BCUT2D eigenvalue weighted by Gasteiger charge is 2.27. The maximum absolute atomic E-state index is 13.3. The summed E-state index contributed by atoms with van der Waals surface area (Å²) >= 11 is 0. The SMILES string of the molecule is CC(C)(C)NS(=O)(=O)c1cc(-c2cc(C(C)(C)C)cc(C(C)(C)C)c2)n(CC2CCCCC2)c1. The highest BCUT2D eigenvalue weighted by atomic mass is 32.2. The second-order valence-electron chi connectivity index (χ2n) is 13.4. The third-order valence-corrected chi connectivity index (χ3v) is 8.49. The maximum atomic E-state index is 13.3. The van der Waals surface area contributed by atoms with E-state index in [2.05, 4.69) is 69.0 Å². The Morgan fingerprint density at radius 2 is 1.35 bits per heavy atom. The number of nitrogens with one attached hydrogen (secondary N) is 1. The molecule has 1 aromatic carbocycles. The van der Waals surface area contributed by atoms with Crippen molar-refractivity contribution in [2.75, 3.05) is 0 Å². The molecule has 1 saturated carbocycles. The van der Waals surface area contributed by atoms with Gasteiger partial charge in [-0.25, -0.2) is 13.1 Å². The van der Waals surface area contributed by atoms with Crippen LogP contribution in [0.15, 0.2) is 35.4 Å². The molecule has 4 nitrogen and oxygen atoms in total. The fourth-order valence-corrected chi connectivity index (χ4v) is 6.23. The number of hydrogen-bond donors (Lipinski definition) is 1. The van der Waals surface area contributed by atoms with Crippen LogP contribution in [0.5, 0.6) is 0 Å². The lowest BCUT2D eigenvalue weighted by Gasteiger charge is -2.27. The van der Waals surface area contributed by atoms with Crippen LogP contribution in [0.4, 0.5) is 0 Å². The molecule has 1 N–H and O–H groups in total. The predicted octanol–water partition coefficient (Wildman–Crippen LogP) is 7.41. The Bertz CT molecular complexity index is 1070. The number of hydrogen-bond acceptors (Lipinski definition) is 2. The van der Waals surface area contributed by atoms with Crippen LogP contribution in [0.2, 0.25) is 0 Å². The Balaban J connectivity index is 2.18. The lowest BCUT2D eigenvalue weighted by Crippen LogP contribution is -2.40. The molecule has 0 unspecified atom stereocenters. The molecule has 2 aromatic rings. The molecule has 34 heavy (non-hydrogen) atoms. The van der Waals surface area contributed by atoms with Crippen molar-refractivity contribution < 1.29 is 8.42 Å². The van der Waals surface area contributed by atoms with Crippen LogP contribution in [0.25, 0.3) is 11.3 Å². The zero-order chi connectivity index (χ0) is 25.5. The summed E-state index contributed by atoms with van der Waals surface area (Å²) in [5, 5.41) is 0. The van der Waals surface area contributed by atoms with Crippen molar-refractivity contribution in [2.45, 2.75) is 122 Å². The molecule has 1 fully saturated rings. The average molecular weight is 487 g/mol. The van der Waals surface area contributed by atoms with Gasteiger partial charge in [-0.1, -0.05) is 66.9 Å². The summed E-state index contributed by atoms with van der Waals surface area (Å²) in [5.74, 6) is 0.596. The molecule has 0 saturated heterocycles. The van der Waals surface area contributed by atoms with Crippen LogP contribution in [0.3, 0.4) is 0 Å². The second-order valence-corrected chi connectivity index (χ2v) is 15.1. The van der Waals surface area contributed by atoms with Gasteiger partial charge < -0.3 is 4.57 Å². The number of rotatable bonds is 5. The minimum absolute atomic E-state index is 0.000497. The molecular formula is C29H46N2O2S. The zero-order valence-corrected chi connectivity index (χ0v) is 23.7. The first-order valence-electron chi connectivity index (χ1n) is 12.9. The molecule has 1 aliphatic rings. The van der Waals surface area contributed by atoms with E-state index in [1.807, 2.05) is 33.0 Å². The molecule has 0 aliphatic heterocycles. The fraction of sp³-hybridized carbons (Fsp3) is 0.655. The van der Waals surface area contributed by atoms with Crippen molar-refractivity contribution in [3.63, 3.8) is 0 Å². The van der Waals surface area contributed by atoms with Crippen molar-refractivity contribution >= 4 is 10.0 Å². The molecule has 1 heterocycles. The number of nitrogens with zero attached hydrogens (tertiary/aromatic N) is 1. The topological polar surface area (TPSA) is 51.1 Å². The molecule has 0 amide bonds. The quantitative estimate of drug-likeness (QED) is 0.478. The van der Waals surface area contributed by atoms with Crippen LogP contribution in [-0.2, 0) is 27.4 Å². The number of sulfonamides is 1. The van der Waals surface area contributed by atoms with Crippen molar-refractivity contribution in [1.29, 1.82) is 0 Å². The lowest BCUT2D eigenvalue weighted by atomic mass is 9.79. The van der Waals surface area contributed by atoms with Crippen molar-refractivity contribution in [3.05, 3.63) is 41.6 Å². The highest BCUT2D eigenvalue weighted by Crippen LogP contribution is 2.36. The van der Waals surface area contributed by atoms with Crippen LogP contribution in [0.1, 0.15) is 106 Å². The molecule has 3 rings (SSSR count). The Morgan fingerprint density at radius 1 is 0.824 bits per heavy atom. The van der Waals surface area contributed by atoms with Gasteiger partial charge in [0.2, 0.25) is 10.0 Å². The van der Waals surface area contributed by atoms with E-state index in [9.17, 15) is 8.42 Å². The molecule has 0 spiro atoms. The maximum Gasteiger partial charge on any atom is 0.242 e. The van der Waals surface area contributed by atoms with Crippen LogP contribution >= 0.6 is 0 Å². The molecule has 0 bridgehead atoms. The highest BCUT2D eigenvalue weighted by molar-refractivity contribution is 7.89. The molecule has 0 atom stereocenters. The van der Waals surface area contributed by atoms with Gasteiger partial charge in [0.05, 0.1) is 0 Å². The standard InChI is InChI=1S/C29H46N2O2S/c1-27(2,3)23-15-22(16-24(17-23)28(4,5)6)26-18-25(34(32,33)30-29(7,8)9)20-31(26)19-21-13-11-10-12-14-21/h15-18,20-21,30H,10-14,19H2,1-9H3. The van der Waals surface area contributed by atoms with Gasteiger partial charge >= 0.3 is 0 Å². The first kappa shape index (κ1) is 27.0. The van der Waals surface area contributed by atoms with Crippen molar-refractivity contribution in [1.82, 2.24) is 9.29 Å². The molecule has 0 radical (unpaired) electrons. The summed E-state index contributed by atoms with van der Waals surface area (Å²) in [5.41, 5.74) is 4.12. The number of benzene rings is 1. The van der Waals surface area contributed by atoms with Gasteiger partial charge in [-0.2, -0.15) is 0 Å². The number of aromatic nitrogens is 1. The predicted molar refractivity (Wildman–Crippen MR) is 144 cm³/mol. The Hall–Kier alpha value is -1.59. The Kier molecular flexibility index (Phi) is 7.51. The van der Waals surface area contributed by atoms with E-state index >= 15 is 0 Å². The minimum Gasteiger partial charge on any atom is -0.346 e. The largest absolute Gasteiger partial charge is 0.346 e. The van der Waals surface area contributed by atoms with Gasteiger partial charge in [0.25, 0.3) is 0 Å². The zero-order valence-electron chi connectivity index (χ0n) is 22.9. The van der Waals surface area contributed by atoms with Gasteiger partial charge in [-0.15, -0.1) is 0 Å². The van der Waals surface area contributed by atoms with Gasteiger partial charge in [0, 0.05) is 24.0 Å². The molecular weight excluding hydrogens is 440 g/mol. The van der Waals surface area contributed by atoms with Crippen LogP contribution in [-0.4, -0.2) is 18.5 Å². The summed E-state index contributed by atoms with van der Waals surface area (Å²) in [7, 11) is -3.62. The van der Waals surface area contributed by atoms with E-state index in [4.69, 9.17) is 0 Å². The normalized spacial score (nSPS) is 16.7. The summed E-state index contributed by atoms with van der Waals surface area (Å²) in [6, 6.07) is 8.72. The third kappa shape index (κ3) is 6.75. The molecule has 1 aliphatic carbocycles. The van der Waals surface area contributed by atoms with E-state index < -0.39 is 15.6 Å². The van der Waals surface area contributed by atoms with Gasteiger partial charge in [-0.05, 0) is 85.3 Å². The molecule has 1 aromatic heterocycles. The van der Waals surface area contributed by atoms with Gasteiger partial charge in [-0.3, -0.25) is 0 Å². The van der Waals surface area contributed by atoms with Gasteiger partial charge in [0.1, 0.15) is 4.90 Å². The van der Waals surface area contributed by atoms with Crippen molar-refractivity contribution in [3.8, 4) is 11.3 Å².